The lowest BCUT2D eigenvalue weighted by Crippen LogP contribution is -2.26. The van der Waals surface area contributed by atoms with E-state index in [1.54, 1.807) is 11.8 Å². The minimum atomic E-state index is -0.667. The van der Waals surface area contributed by atoms with Gasteiger partial charge in [-0.2, -0.15) is 11.8 Å². The number of ether oxygens (including phenoxy) is 3. The minimum absolute atomic E-state index is 0.0617. The molecule has 2 rings (SSSR count). The monoisotopic (exact) mass is 406 g/mol. The van der Waals surface area contributed by atoms with Crippen molar-refractivity contribution < 1.29 is 23.9 Å². The summed E-state index contributed by atoms with van der Waals surface area (Å²) in [6.07, 6.45) is 0. The molecule has 1 N–H and O–H groups in total. The summed E-state index contributed by atoms with van der Waals surface area (Å²) in [6.45, 7) is 0.365. The lowest BCUT2D eigenvalue weighted by atomic mass is 10.1. The quantitative estimate of drug-likeness (QED) is 0.367. The second-order valence-electron chi connectivity index (χ2n) is 5.59. The third-order valence-corrected chi connectivity index (χ3v) is 4.90. The van der Waals surface area contributed by atoms with Crippen molar-refractivity contribution in [1.82, 2.24) is 5.32 Å². The second kappa shape index (κ2) is 10.4. The summed E-state index contributed by atoms with van der Waals surface area (Å²) < 4.78 is 15.5. The maximum Gasteiger partial charge on any atom is 0.327 e. The number of carbonyl (C=O) groups excluding carboxylic acids is 1. The first-order valence-corrected chi connectivity index (χ1v) is 9.56. The molecule has 150 valence electrons. The van der Waals surface area contributed by atoms with Gasteiger partial charge in [0.05, 0.1) is 26.3 Å². The van der Waals surface area contributed by atoms with Crippen LogP contribution >= 0.6 is 11.8 Å². The Hall–Kier alpha value is -2.94. The predicted octanol–water partition coefficient (Wildman–Crippen LogP) is 3.28. The van der Waals surface area contributed by atoms with Crippen LogP contribution in [0.2, 0.25) is 0 Å². The van der Waals surface area contributed by atoms with E-state index in [9.17, 15) is 14.9 Å². The van der Waals surface area contributed by atoms with Crippen LogP contribution in [0.3, 0.4) is 0 Å². The van der Waals surface area contributed by atoms with E-state index in [-0.39, 0.29) is 22.8 Å². The molecule has 0 radical (unpaired) electrons. The van der Waals surface area contributed by atoms with E-state index >= 15 is 0 Å². The lowest BCUT2D eigenvalue weighted by molar-refractivity contribution is -0.386. The molecule has 0 aromatic heterocycles. The van der Waals surface area contributed by atoms with Crippen molar-refractivity contribution in [2.75, 3.05) is 33.6 Å². The SMILES string of the molecule is COc1cc(C(=O)NCCSCc2ccccc2)c([N+](=O)[O-])c(OC)c1OC. The van der Waals surface area contributed by atoms with E-state index in [1.807, 2.05) is 30.3 Å². The number of amides is 1. The zero-order chi connectivity index (χ0) is 20.5. The first-order chi connectivity index (χ1) is 13.5. The van der Waals surface area contributed by atoms with Gasteiger partial charge in [0.25, 0.3) is 5.91 Å². The summed E-state index contributed by atoms with van der Waals surface area (Å²) >= 11 is 1.66. The molecule has 0 fully saturated rings. The van der Waals surface area contributed by atoms with Gasteiger partial charge in [0, 0.05) is 24.1 Å². The molecule has 0 aliphatic carbocycles. The molecule has 9 heteroatoms. The number of nitrogens with zero attached hydrogens (tertiary/aromatic N) is 1. The van der Waals surface area contributed by atoms with E-state index in [0.717, 1.165) is 5.75 Å². The smallest absolute Gasteiger partial charge is 0.327 e. The number of methoxy groups -OCH3 is 3. The molecule has 8 nitrogen and oxygen atoms in total. The molecule has 2 aromatic rings. The van der Waals surface area contributed by atoms with Gasteiger partial charge in [-0.05, 0) is 5.56 Å². The number of carbonyl (C=O) groups is 1. The maximum absolute atomic E-state index is 12.6. The fourth-order valence-electron chi connectivity index (χ4n) is 2.59. The molecule has 0 atom stereocenters. The van der Waals surface area contributed by atoms with Crippen LogP contribution in [0.4, 0.5) is 5.69 Å². The van der Waals surface area contributed by atoms with Gasteiger partial charge in [0.15, 0.2) is 5.75 Å². The van der Waals surface area contributed by atoms with Crippen LogP contribution in [0.5, 0.6) is 17.2 Å². The summed E-state index contributed by atoms with van der Waals surface area (Å²) in [4.78, 5) is 23.4. The summed E-state index contributed by atoms with van der Waals surface area (Å²) in [5.74, 6) is 0.988. The van der Waals surface area contributed by atoms with Crippen LogP contribution in [0.25, 0.3) is 0 Å². The fraction of sp³-hybridized carbons (Fsp3) is 0.316. The maximum atomic E-state index is 12.6. The molecule has 0 bridgehead atoms. The molecule has 0 saturated heterocycles. The lowest BCUT2D eigenvalue weighted by Gasteiger charge is -2.14. The van der Waals surface area contributed by atoms with E-state index in [0.29, 0.717) is 12.3 Å². The number of nitro benzene ring substituents is 1. The molecule has 0 aliphatic heterocycles. The van der Waals surface area contributed by atoms with E-state index in [4.69, 9.17) is 14.2 Å². The highest BCUT2D eigenvalue weighted by molar-refractivity contribution is 7.98. The molecule has 0 spiro atoms. The topological polar surface area (TPSA) is 99.9 Å². The number of rotatable bonds is 10. The Balaban J connectivity index is 2.10. The van der Waals surface area contributed by atoms with Gasteiger partial charge in [0.1, 0.15) is 5.56 Å². The van der Waals surface area contributed by atoms with E-state index < -0.39 is 16.5 Å². The number of nitrogens with one attached hydrogen (secondary N) is 1. The van der Waals surface area contributed by atoms with Crippen molar-refractivity contribution in [3.63, 3.8) is 0 Å². The third kappa shape index (κ3) is 5.07. The fourth-order valence-corrected chi connectivity index (χ4v) is 3.41. The second-order valence-corrected chi connectivity index (χ2v) is 6.70. The Kier molecular flexibility index (Phi) is 7.94. The molecule has 1 amide bonds. The van der Waals surface area contributed by atoms with Crippen LogP contribution in [0.15, 0.2) is 36.4 Å². The summed E-state index contributed by atoms with van der Waals surface area (Å²) in [5.41, 5.74) is 0.584. The minimum Gasteiger partial charge on any atom is -0.493 e. The average Bonchev–Trinajstić information content (AvgIpc) is 2.72. The summed E-state index contributed by atoms with van der Waals surface area (Å²) in [7, 11) is 3.99. The van der Waals surface area contributed by atoms with E-state index in [1.165, 1.54) is 33.0 Å². The van der Waals surface area contributed by atoms with Crippen LogP contribution in [0, 0.1) is 10.1 Å². The van der Waals surface area contributed by atoms with Crippen molar-refractivity contribution in [2.45, 2.75) is 5.75 Å². The van der Waals surface area contributed by atoms with Gasteiger partial charge in [-0.1, -0.05) is 30.3 Å². The number of nitro groups is 1. The number of hydrogen-bond donors (Lipinski definition) is 1. The average molecular weight is 406 g/mol. The number of benzene rings is 2. The van der Waals surface area contributed by atoms with Crippen molar-refractivity contribution in [2.24, 2.45) is 0 Å². The molecule has 28 heavy (non-hydrogen) atoms. The van der Waals surface area contributed by atoms with Gasteiger partial charge in [0.2, 0.25) is 11.5 Å². The van der Waals surface area contributed by atoms with Crippen LogP contribution < -0.4 is 19.5 Å². The van der Waals surface area contributed by atoms with Crippen molar-refractivity contribution in [1.29, 1.82) is 0 Å². The molecule has 0 unspecified atom stereocenters. The van der Waals surface area contributed by atoms with Gasteiger partial charge in [-0.25, -0.2) is 0 Å². The first-order valence-electron chi connectivity index (χ1n) is 8.40. The largest absolute Gasteiger partial charge is 0.493 e. The Morgan fingerprint density at radius 1 is 1.11 bits per heavy atom. The summed E-state index contributed by atoms with van der Waals surface area (Å²) in [5, 5.41) is 14.3. The third-order valence-electron chi connectivity index (χ3n) is 3.87. The van der Waals surface area contributed by atoms with Crippen LogP contribution in [0.1, 0.15) is 15.9 Å². The van der Waals surface area contributed by atoms with Gasteiger partial charge >= 0.3 is 5.69 Å². The van der Waals surface area contributed by atoms with E-state index in [2.05, 4.69) is 5.32 Å². The number of thioether (sulfide) groups is 1. The van der Waals surface area contributed by atoms with Crippen molar-refractivity contribution in [3.8, 4) is 17.2 Å². The molecular formula is C19H22N2O6S. The highest BCUT2D eigenvalue weighted by atomic mass is 32.2. The predicted molar refractivity (Wildman–Crippen MR) is 108 cm³/mol. The Morgan fingerprint density at radius 2 is 1.79 bits per heavy atom. The zero-order valence-corrected chi connectivity index (χ0v) is 16.7. The van der Waals surface area contributed by atoms with Gasteiger partial charge < -0.3 is 19.5 Å². The zero-order valence-electron chi connectivity index (χ0n) is 15.9. The van der Waals surface area contributed by atoms with Crippen LogP contribution in [-0.2, 0) is 5.75 Å². The molecule has 0 heterocycles. The highest BCUT2D eigenvalue weighted by Crippen LogP contribution is 2.46. The molecule has 0 saturated carbocycles. The Labute approximate surface area is 167 Å². The van der Waals surface area contributed by atoms with Gasteiger partial charge in [-0.15, -0.1) is 0 Å². The molecular weight excluding hydrogens is 384 g/mol. The normalized spacial score (nSPS) is 10.2. The Morgan fingerprint density at radius 3 is 2.36 bits per heavy atom. The summed E-state index contributed by atoms with van der Waals surface area (Å²) in [6, 6.07) is 11.3. The Bertz CT molecular complexity index is 829. The standard InChI is InChI=1S/C19H22N2O6S/c1-25-15-11-14(16(21(23)24)18(27-3)17(15)26-2)19(22)20-9-10-28-12-13-7-5-4-6-8-13/h4-8,11H,9-10,12H2,1-3H3,(H,20,22). The first kappa shape index (κ1) is 21.4. The molecule has 2 aromatic carbocycles. The highest BCUT2D eigenvalue weighted by Gasteiger charge is 2.32. The van der Waals surface area contributed by atoms with Crippen LogP contribution in [-0.4, -0.2) is 44.5 Å². The molecule has 0 aliphatic rings. The van der Waals surface area contributed by atoms with Gasteiger partial charge in [-0.3, -0.25) is 14.9 Å². The van der Waals surface area contributed by atoms with Crippen molar-refractivity contribution in [3.05, 3.63) is 57.6 Å². The number of hydrogen-bond acceptors (Lipinski definition) is 7. The van der Waals surface area contributed by atoms with Crippen molar-refractivity contribution >= 4 is 23.4 Å².